The lowest BCUT2D eigenvalue weighted by Gasteiger charge is -2.26. The van der Waals surface area contributed by atoms with Crippen molar-refractivity contribution < 1.29 is 0 Å². The average Bonchev–Trinajstić information content (AvgIpc) is 3.27. The van der Waals surface area contributed by atoms with Gasteiger partial charge in [-0.1, -0.05) is 13.0 Å². The lowest BCUT2D eigenvalue weighted by atomic mass is 10.2. The van der Waals surface area contributed by atoms with Crippen molar-refractivity contribution >= 4 is 17.5 Å². The smallest absolute Gasteiger partial charge is 0.180 e. The largest absolute Gasteiger partial charge is 0.373 e. The monoisotopic (exact) mass is 390 g/mol. The highest BCUT2D eigenvalue weighted by molar-refractivity contribution is 5.53. The predicted octanol–water partition coefficient (Wildman–Crippen LogP) is 3.01. The van der Waals surface area contributed by atoms with E-state index in [1.165, 1.54) is 0 Å². The first-order chi connectivity index (χ1) is 14.3. The van der Waals surface area contributed by atoms with E-state index in [0.717, 1.165) is 61.2 Å². The Hall–Kier alpha value is -3.29. The highest BCUT2D eigenvalue weighted by atomic mass is 15.3. The standard InChI is InChI=1S/C21H26N8/c1-3-15-11-19(28-21(27-15)17-8-4-5-9-23-17)24-13-16-7-6-10-29(16)20-12-18(22-2)25-14-26-20/h4-5,8-9,11-12,14,16H,3,6-7,10,13H2,1-2H3,(H,22,25,26)(H,24,27,28). The first-order valence-electron chi connectivity index (χ1n) is 10.1. The number of aryl methyl sites for hydroxylation is 1. The second-order valence-corrected chi connectivity index (χ2v) is 7.02. The van der Waals surface area contributed by atoms with Crippen LogP contribution in [0.4, 0.5) is 17.5 Å². The fourth-order valence-electron chi connectivity index (χ4n) is 3.59. The van der Waals surface area contributed by atoms with Crippen molar-refractivity contribution in [3.8, 4) is 11.5 Å². The third-order valence-electron chi connectivity index (χ3n) is 5.13. The van der Waals surface area contributed by atoms with Gasteiger partial charge in [0.1, 0.15) is 29.5 Å². The molecule has 150 valence electrons. The summed E-state index contributed by atoms with van der Waals surface area (Å²) in [6.45, 7) is 3.89. The van der Waals surface area contributed by atoms with Crippen LogP contribution < -0.4 is 15.5 Å². The summed E-state index contributed by atoms with van der Waals surface area (Å²) in [5.74, 6) is 3.28. The Morgan fingerprint density at radius 2 is 2.03 bits per heavy atom. The molecule has 3 aromatic rings. The first kappa shape index (κ1) is 19.0. The zero-order valence-corrected chi connectivity index (χ0v) is 16.8. The summed E-state index contributed by atoms with van der Waals surface area (Å²) in [6.07, 6.45) is 6.49. The fraction of sp³-hybridized carbons (Fsp3) is 0.381. The number of hydrogen-bond donors (Lipinski definition) is 2. The van der Waals surface area contributed by atoms with Crippen LogP contribution in [0.5, 0.6) is 0 Å². The van der Waals surface area contributed by atoms with E-state index in [9.17, 15) is 0 Å². The average molecular weight is 390 g/mol. The molecular weight excluding hydrogens is 364 g/mol. The summed E-state index contributed by atoms with van der Waals surface area (Å²) in [7, 11) is 1.87. The van der Waals surface area contributed by atoms with E-state index in [1.54, 1.807) is 12.5 Å². The van der Waals surface area contributed by atoms with Gasteiger partial charge in [-0.2, -0.15) is 0 Å². The van der Waals surface area contributed by atoms with Crippen molar-refractivity contribution in [2.24, 2.45) is 0 Å². The molecule has 0 saturated carbocycles. The molecule has 0 aromatic carbocycles. The third-order valence-corrected chi connectivity index (χ3v) is 5.13. The van der Waals surface area contributed by atoms with Crippen LogP contribution in [-0.4, -0.2) is 51.1 Å². The number of pyridine rings is 1. The molecule has 4 heterocycles. The Morgan fingerprint density at radius 1 is 1.10 bits per heavy atom. The lowest BCUT2D eigenvalue weighted by Crippen LogP contribution is -2.35. The van der Waals surface area contributed by atoms with Gasteiger partial charge >= 0.3 is 0 Å². The maximum Gasteiger partial charge on any atom is 0.180 e. The molecular formula is C21H26N8. The molecule has 29 heavy (non-hydrogen) atoms. The van der Waals surface area contributed by atoms with E-state index in [-0.39, 0.29) is 0 Å². The number of nitrogens with zero attached hydrogens (tertiary/aromatic N) is 6. The molecule has 1 aliphatic rings. The highest BCUT2D eigenvalue weighted by Crippen LogP contribution is 2.25. The molecule has 1 saturated heterocycles. The summed E-state index contributed by atoms with van der Waals surface area (Å²) in [6, 6.07) is 10.2. The normalized spacial score (nSPS) is 16.1. The zero-order valence-electron chi connectivity index (χ0n) is 16.8. The van der Waals surface area contributed by atoms with E-state index in [1.807, 2.05) is 37.4 Å². The van der Waals surface area contributed by atoms with Crippen molar-refractivity contribution in [3.05, 3.63) is 48.5 Å². The van der Waals surface area contributed by atoms with Crippen molar-refractivity contribution in [1.29, 1.82) is 0 Å². The molecule has 8 heteroatoms. The van der Waals surface area contributed by atoms with Crippen molar-refractivity contribution in [2.45, 2.75) is 32.2 Å². The molecule has 3 aromatic heterocycles. The van der Waals surface area contributed by atoms with Gasteiger partial charge < -0.3 is 15.5 Å². The SMILES string of the molecule is CCc1cc(NCC2CCCN2c2cc(NC)ncn2)nc(-c2ccccn2)n1. The summed E-state index contributed by atoms with van der Waals surface area (Å²) < 4.78 is 0. The van der Waals surface area contributed by atoms with Gasteiger partial charge in [-0.3, -0.25) is 4.98 Å². The van der Waals surface area contributed by atoms with Crippen molar-refractivity contribution in [2.75, 3.05) is 35.7 Å². The lowest BCUT2D eigenvalue weighted by molar-refractivity contribution is 0.688. The molecule has 8 nitrogen and oxygen atoms in total. The molecule has 1 atom stereocenters. The Balaban J connectivity index is 1.50. The summed E-state index contributed by atoms with van der Waals surface area (Å²) in [5.41, 5.74) is 1.79. The van der Waals surface area contributed by atoms with Crippen molar-refractivity contribution in [3.63, 3.8) is 0 Å². The van der Waals surface area contributed by atoms with E-state index >= 15 is 0 Å². The second-order valence-electron chi connectivity index (χ2n) is 7.02. The van der Waals surface area contributed by atoms with E-state index in [4.69, 9.17) is 4.98 Å². The van der Waals surface area contributed by atoms with Gasteiger partial charge in [0.25, 0.3) is 0 Å². The molecule has 1 fully saturated rings. The topological polar surface area (TPSA) is 91.8 Å². The van der Waals surface area contributed by atoms with Crippen LogP contribution in [0.2, 0.25) is 0 Å². The second kappa shape index (κ2) is 8.81. The van der Waals surface area contributed by atoms with Gasteiger partial charge in [0, 0.05) is 50.2 Å². The maximum absolute atomic E-state index is 4.70. The third kappa shape index (κ3) is 4.42. The molecule has 0 spiro atoms. The van der Waals surface area contributed by atoms with Crippen LogP contribution in [0.25, 0.3) is 11.5 Å². The van der Waals surface area contributed by atoms with Crippen LogP contribution >= 0.6 is 0 Å². The van der Waals surface area contributed by atoms with Crippen molar-refractivity contribution in [1.82, 2.24) is 24.9 Å². The minimum Gasteiger partial charge on any atom is -0.373 e. The zero-order chi connectivity index (χ0) is 20.1. The number of hydrogen-bond acceptors (Lipinski definition) is 8. The first-order valence-corrected chi connectivity index (χ1v) is 10.1. The van der Waals surface area contributed by atoms with Gasteiger partial charge in [0.2, 0.25) is 0 Å². The highest BCUT2D eigenvalue weighted by Gasteiger charge is 2.26. The molecule has 0 radical (unpaired) electrons. The number of rotatable bonds is 7. The summed E-state index contributed by atoms with van der Waals surface area (Å²) in [4.78, 5) is 24.8. The molecule has 1 aliphatic heterocycles. The van der Waals surface area contributed by atoms with Crippen LogP contribution in [0.3, 0.4) is 0 Å². The Morgan fingerprint density at radius 3 is 2.83 bits per heavy atom. The Kier molecular flexibility index (Phi) is 5.79. The number of aromatic nitrogens is 5. The van der Waals surface area contributed by atoms with Crippen LogP contribution in [0.15, 0.2) is 42.9 Å². The van der Waals surface area contributed by atoms with Crippen LogP contribution in [-0.2, 0) is 6.42 Å². The van der Waals surface area contributed by atoms with Gasteiger partial charge in [-0.05, 0) is 31.4 Å². The molecule has 1 unspecified atom stereocenters. The quantitative estimate of drug-likeness (QED) is 0.636. The fourth-order valence-corrected chi connectivity index (χ4v) is 3.59. The number of nitrogens with one attached hydrogen (secondary N) is 2. The van der Waals surface area contributed by atoms with Crippen LogP contribution in [0.1, 0.15) is 25.5 Å². The molecule has 0 bridgehead atoms. The van der Waals surface area contributed by atoms with Crippen LogP contribution in [0, 0.1) is 0 Å². The Labute approximate surface area is 170 Å². The minimum absolute atomic E-state index is 0.355. The minimum atomic E-state index is 0.355. The van der Waals surface area contributed by atoms with E-state index < -0.39 is 0 Å². The predicted molar refractivity (Wildman–Crippen MR) is 115 cm³/mol. The van der Waals surface area contributed by atoms with Gasteiger partial charge in [-0.15, -0.1) is 0 Å². The molecule has 0 amide bonds. The van der Waals surface area contributed by atoms with Gasteiger partial charge in [-0.25, -0.2) is 19.9 Å². The summed E-state index contributed by atoms with van der Waals surface area (Å²) >= 11 is 0. The van der Waals surface area contributed by atoms with Gasteiger partial charge in [0.15, 0.2) is 5.82 Å². The van der Waals surface area contributed by atoms with Gasteiger partial charge in [0.05, 0.1) is 0 Å². The summed E-state index contributed by atoms with van der Waals surface area (Å²) in [5, 5.41) is 6.60. The Bertz CT molecular complexity index is 946. The maximum atomic E-state index is 4.70. The molecule has 2 N–H and O–H groups in total. The molecule has 4 rings (SSSR count). The van der Waals surface area contributed by atoms with E-state index in [0.29, 0.717) is 11.9 Å². The number of anilines is 3. The van der Waals surface area contributed by atoms with E-state index in [2.05, 4.69) is 42.4 Å². The molecule has 0 aliphatic carbocycles.